The number of hydrogen-bond acceptors (Lipinski definition) is 5. The van der Waals surface area contributed by atoms with E-state index < -0.39 is 16.1 Å². The van der Waals surface area contributed by atoms with Crippen LogP contribution in [-0.2, 0) is 19.6 Å². The van der Waals surface area contributed by atoms with Crippen molar-refractivity contribution in [1.82, 2.24) is 4.31 Å². The smallest absolute Gasteiger partial charge is 0.262 e. The summed E-state index contributed by atoms with van der Waals surface area (Å²) in [6.07, 6.45) is 1.04. The van der Waals surface area contributed by atoms with E-state index in [2.05, 4.69) is 10.6 Å². The molecular weight excluding hydrogens is 406 g/mol. The maximum Gasteiger partial charge on any atom is 0.262 e. The van der Waals surface area contributed by atoms with Gasteiger partial charge in [0.2, 0.25) is 15.9 Å². The molecule has 2 aromatic rings. The maximum atomic E-state index is 13.3. The van der Waals surface area contributed by atoms with Gasteiger partial charge < -0.3 is 15.4 Å². The average molecular weight is 429 g/mol. The molecule has 0 spiro atoms. The Labute approximate surface area is 175 Å². The Balaban J connectivity index is 1.57. The van der Waals surface area contributed by atoms with Crippen LogP contribution in [0, 0.1) is 13.8 Å². The molecule has 2 aliphatic heterocycles. The van der Waals surface area contributed by atoms with Gasteiger partial charge in [0.1, 0.15) is 11.8 Å². The van der Waals surface area contributed by atoms with Crippen LogP contribution >= 0.6 is 0 Å². The molecule has 8 nitrogen and oxygen atoms in total. The molecule has 2 heterocycles. The molecule has 0 saturated carbocycles. The molecule has 9 heteroatoms. The van der Waals surface area contributed by atoms with Crippen LogP contribution in [0.4, 0.5) is 11.4 Å². The highest BCUT2D eigenvalue weighted by Crippen LogP contribution is 2.33. The highest BCUT2D eigenvalue weighted by molar-refractivity contribution is 7.89. The van der Waals surface area contributed by atoms with Crippen molar-refractivity contribution in [1.29, 1.82) is 0 Å². The standard InChI is InChI=1S/C21H23N3O5S/c1-13-5-6-15(10-14(13)2)22-21(26)18-4-3-9-24(18)30(27,28)16-7-8-19-17(11-16)23-20(25)12-29-19/h5-8,10-11,18H,3-4,9,12H2,1-2H3,(H,22,26)(H,23,25)/t18-/m0/s1. The van der Waals surface area contributed by atoms with Gasteiger partial charge in [-0.15, -0.1) is 0 Å². The molecular formula is C21H23N3O5S. The summed E-state index contributed by atoms with van der Waals surface area (Å²) in [6.45, 7) is 4.09. The maximum absolute atomic E-state index is 13.3. The number of amides is 2. The van der Waals surface area contributed by atoms with Crippen LogP contribution in [0.2, 0.25) is 0 Å². The minimum absolute atomic E-state index is 0.0120. The zero-order chi connectivity index (χ0) is 21.5. The summed E-state index contributed by atoms with van der Waals surface area (Å²) in [7, 11) is -3.93. The van der Waals surface area contributed by atoms with Gasteiger partial charge in [-0.1, -0.05) is 6.07 Å². The van der Waals surface area contributed by atoms with Crippen molar-refractivity contribution in [3.63, 3.8) is 0 Å². The number of carbonyl (C=O) groups excluding carboxylic acids is 2. The summed E-state index contributed by atoms with van der Waals surface area (Å²) in [5, 5.41) is 5.45. The van der Waals surface area contributed by atoms with Gasteiger partial charge in [-0.2, -0.15) is 4.31 Å². The molecule has 1 atom stereocenters. The highest BCUT2D eigenvalue weighted by atomic mass is 32.2. The van der Waals surface area contributed by atoms with Gasteiger partial charge in [-0.3, -0.25) is 9.59 Å². The summed E-state index contributed by atoms with van der Waals surface area (Å²) in [6, 6.07) is 9.12. The molecule has 1 fully saturated rings. The van der Waals surface area contributed by atoms with Gasteiger partial charge in [0.25, 0.3) is 5.91 Å². The van der Waals surface area contributed by atoms with E-state index in [0.29, 0.717) is 30.0 Å². The van der Waals surface area contributed by atoms with Crippen molar-refractivity contribution in [2.24, 2.45) is 0 Å². The van der Waals surface area contributed by atoms with Gasteiger partial charge in [0.05, 0.1) is 10.6 Å². The van der Waals surface area contributed by atoms with Crippen LogP contribution in [0.3, 0.4) is 0 Å². The molecule has 2 N–H and O–H groups in total. The SMILES string of the molecule is Cc1ccc(NC(=O)[C@@H]2CCCN2S(=O)(=O)c2ccc3c(c2)NC(=O)CO3)cc1C. The van der Waals surface area contributed by atoms with E-state index >= 15 is 0 Å². The number of benzene rings is 2. The van der Waals surface area contributed by atoms with Crippen LogP contribution < -0.4 is 15.4 Å². The average Bonchev–Trinajstić information content (AvgIpc) is 3.21. The van der Waals surface area contributed by atoms with Crippen LogP contribution in [0.25, 0.3) is 0 Å². The number of carbonyl (C=O) groups is 2. The predicted molar refractivity (Wildman–Crippen MR) is 112 cm³/mol. The lowest BCUT2D eigenvalue weighted by molar-refractivity contribution is -0.119. The molecule has 0 bridgehead atoms. The Morgan fingerprint density at radius 2 is 1.97 bits per heavy atom. The molecule has 2 aromatic carbocycles. The molecule has 0 radical (unpaired) electrons. The van der Waals surface area contributed by atoms with E-state index in [1.165, 1.54) is 22.5 Å². The number of aryl methyl sites for hydroxylation is 2. The first-order valence-corrected chi connectivity index (χ1v) is 11.2. The Morgan fingerprint density at radius 3 is 2.73 bits per heavy atom. The Bertz CT molecular complexity index is 1130. The van der Waals surface area contributed by atoms with Gasteiger partial charge in [-0.25, -0.2) is 8.42 Å². The summed E-state index contributed by atoms with van der Waals surface area (Å²) in [5.74, 6) is -0.281. The minimum atomic E-state index is -3.93. The largest absolute Gasteiger partial charge is 0.482 e. The highest BCUT2D eigenvalue weighted by Gasteiger charge is 2.40. The first kappa shape index (κ1) is 20.4. The Kier molecular flexibility index (Phi) is 5.25. The molecule has 0 aliphatic carbocycles. The van der Waals surface area contributed by atoms with E-state index in [4.69, 9.17) is 4.74 Å². The predicted octanol–water partition coefficient (Wildman–Crippen LogP) is 2.43. The molecule has 0 aromatic heterocycles. The first-order valence-electron chi connectivity index (χ1n) is 9.72. The number of rotatable bonds is 4. The fourth-order valence-corrected chi connectivity index (χ4v) is 5.38. The third-order valence-electron chi connectivity index (χ3n) is 5.47. The summed E-state index contributed by atoms with van der Waals surface area (Å²) >= 11 is 0. The number of anilines is 2. The van der Waals surface area contributed by atoms with E-state index in [0.717, 1.165) is 11.1 Å². The summed E-state index contributed by atoms with van der Waals surface area (Å²) < 4.78 is 33.0. The third-order valence-corrected chi connectivity index (χ3v) is 7.38. The molecule has 1 saturated heterocycles. The number of nitrogens with zero attached hydrogens (tertiary/aromatic N) is 1. The second-order valence-electron chi connectivity index (χ2n) is 7.56. The van der Waals surface area contributed by atoms with Crippen molar-refractivity contribution in [2.75, 3.05) is 23.8 Å². The van der Waals surface area contributed by atoms with Crippen LogP contribution in [0.5, 0.6) is 5.75 Å². The zero-order valence-corrected chi connectivity index (χ0v) is 17.6. The molecule has 2 aliphatic rings. The normalized spacial score (nSPS) is 19.0. The lowest BCUT2D eigenvalue weighted by Gasteiger charge is -2.25. The third kappa shape index (κ3) is 3.78. The van der Waals surface area contributed by atoms with Crippen molar-refractivity contribution in [2.45, 2.75) is 37.6 Å². The zero-order valence-electron chi connectivity index (χ0n) is 16.8. The van der Waals surface area contributed by atoms with E-state index in [1.807, 2.05) is 26.0 Å². The van der Waals surface area contributed by atoms with Crippen molar-refractivity contribution in [3.8, 4) is 5.75 Å². The van der Waals surface area contributed by atoms with Gasteiger partial charge >= 0.3 is 0 Å². The van der Waals surface area contributed by atoms with Crippen molar-refractivity contribution in [3.05, 3.63) is 47.5 Å². The van der Waals surface area contributed by atoms with Crippen LogP contribution in [0.1, 0.15) is 24.0 Å². The fourth-order valence-electron chi connectivity index (χ4n) is 3.69. The summed E-state index contributed by atoms with van der Waals surface area (Å²) in [5.41, 5.74) is 3.10. The van der Waals surface area contributed by atoms with Crippen LogP contribution in [-0.4, -0.2) is 43.7 Å². The topological polar surface area (TPSA) is 105 Å². The molecule has 2 amide bonds. The first-order chi connectivity index (χ1) is 14.3. The monoisotopic (exact) mass is 429 g/mol. The number of sulfonamides is 1. The number of fused-ring (bicyclic) bond motifs is 1. The lowest BCUT2D eigenvalue weighted by atomic mass is 10.1. The van der Waals surface area contributed by atoms with Gasteiger partial charge in [-0.05, 0) is 68.1 Å². The van der Waals surface area contributed by atoms with Gasteiger partial charge in [0.15, 0.2) is 6.61 Å². The van der Waals surface area contributed by atoms with Crippen molar-refractivity contribution >= 4 is 33.2 Å². The number of ether oxygens (including phenoxy) is 1. The Hall–Kier alpha value is -2.91. The molecule has 158 valence electrons. The second-order valence-corrected chi connectivity index (χ2v) is 9.45. The quantitative estimate of drug-likeness (QED) is 0.777. The van der Waals surface area contributed by atoms with Crippen molar-refractivity contribution < 1.29 is 22.7 Å². The lowest BCUT2D eigenvalue weighted by Crippen LogP contribution is -2.43. The minimum Gasteiger partial charge on any atom is -0.482 e. The second kappa shape index (κ2) is 7.73. The molecule has 4 rings (SSSR count). The Morgan fingerprint density at radius 1 is 1.17 bits per heavy atom. The fraction of sp³-hybridized carbons (Fsp3) is 0.333. The van der Waals surface area contributed by atoms with Crippen LogP contribution in [0.15, 0.2) is 41.3 Å². The van der Waals surface area contributed by atoms with E-state index in [9.17, 15) is 18.0 Å². The molecule has 30 heavy (non-hydrogen) atoms. The number of hydrogen-bond donors (Lipinski definition) is 2. The van der Waals surface area contributed by atoms with Gasteiger partial charge in [0, 0.05) is 12.2 Å². The van der Waals surface area contributed by atoms with E-state index in [-0.39, 0.29) is 29.9 Å². The summed E-state index contributed by atoms with van der Waals surface area (Å²) in [4.78, 5) is 24.4. The van der Waals surface area contributed by atoms with E-state index in [1.54, 1.807) is 6.07 Å². The number of nitrogens with one attached hydrogen (secondary N) is 2. The molecule has 0 unspecified atom stereocenters.